The molecule has 0 fully saturated rings. The van der Waals surface area contributed by atoms with Crippen LogP contribution in [0.4, 0.5) is 5.13 Å². The molecule has 2 aromatic heterocycles. The summed E-state index contributed by atoms with van der Waals surface area (Å²) in [5.74, 6) is 0.526. The predicted octanol–water partition coefficient (Wildman–Crippen LogP) is 5.99. The van der Waals surface area contributed by atoms with Gasteiger partial charge in [0.25, 0.3) is 5.91 Å². The molecule has 4 nitrogen and oxygen atoms in total. The van der Waals surface area contributed by atoms with E-state index in [2.05, 4.69) is 23.3 Å². The van der Waals surface area contributed by atoms with Gasteiger partial charge < -0.3 is 4.74 Å². The second-order valence-corrected chi connectivity index (χ2v) is 8.20. The minimum absolute atomic E-state index is 0.236. The van der Waals surface area contributed by atoms with Crippen LogP contribution in [0.5, 0.6) is 5.75 Å². The van der Waals surface area contributed by atoms with Crippen molar-refractivity contribution in [2.45, 2.75) is 13.3 Å². The maximum absolute atomic E-state index is 12.7. The molecule has 0 unspecified atom stereocenters. The summed E-state index contributed by atoms with van der Waals surface area (Å²) in [6.45, 7) is 2.10. The molecule has 0 saturated heterocycles. The Hall–Kier alpha value is -2.15. The van der Waals surface area contributed by atoms with Crippen LogP contribution in [0.2, 0.25) is 5.02 Å². The van der Waals surface area contributed by atoms with Crippen LogP contribution in [0.15, 0.2) is 36.4 Å². The lowest BCUT2D eigenvalue weighted by atomic mass is 10.1. The van der Waals surface area contributed by atoms with Crippen LogP contribution in [-0.4, -0.2) is 18.0 Å². The molecule has 2 heterocycles. The Morgan fingerprint density at radius 2 is 2.04 bits per heavy atom. The van der Waals surface area contributed by atoms with Gasteiger partial charge in [-0.3, -0.25) is 10.1 Å². The molecule has 0 aliphatic heterocycles. The number of thiazole rings is 1. The zero-order valence-electron chi connectivity index (χ0n) is 14.1. The topological polar surface area (TPSA) is 51.2 Å². The van der Waals surface area contributed by atoms with E-state index in [0.29, 0.717) is 15.0 Å². The van der Waals surface area contributed by atoms with Crippen molar-refractivity contribution in [1.29, 1.82) is 0 Å². The van der Waals surface area contributed by atoms with E-state index in [-0.39, 0.29) is 5.91 Å². The molecule has 0 radical (unpaired) electrons. The Labute approximate surface area is 163 Å². The number of benzene rings is 2. The van der Waals surface area contributed by atoms with E-state index in [1.807, 2.05) is 30.3 Å². The predicted molar refractivity (Wildman–Crippen MR) is 110 cm³/mol. The fourth-order valence-electron chi connectivity index (χ4n) is 2.71. The largest absolute Gasteiger partial charge is 0.497 e. The first-order valence-corrected chi connectivity index (χ1v) is 10.1. The van der Waals surface area contributed by atoms with Crippen LogP contribution in [0.1, 0.15) is 22.2 Å². The number of ether oxygens (including phenoxy) is 1. The molecule has 7 heteroatoms. The van der Waals surface area contributed by atoms with E-state index in [1.54, 1.807) is 7.11 Å². The number of carbonyl (C=O) groups excluding carboxylic acids is 1. The number of fused-ring (bicyclic) bond motifs is 2. The molecule has 4 rings (SSSR count). The van der Waals surface area contributed by atoms with Crippen molar-refractivity contribution in [2.24, 2.45) is 0 Å². The fourth-order valence-corrected chi connectivity index (χ4v) is 5.08. The average Bonchev–Trinajstić information content (AvgIpc) is 3.20. The molecule has 1 N–H and O–H groups in total. The lowest BCUT2D eigenvalue weighted by molar-refractivity contribution is 0.103. The van der Waals surface area contributed by atoms with Crippen LogP contribution < -0.4 is 10.1 Å². The van der Waals surface area contributed by atoms with Crippen LogP contribution in [0, 0.1) is 0 Å². The zero-order chi connectivity index (χ0) is 18.3. The molecular weight excluding hydrogens is 388 g/mol. The number of nitrogens with one attached hydrogen (secondary N) is 1. The second kappa shape index (κ2) is 6.87. The Morgan fingerprint density at radius 3 is 2.81 bits per heavy atom. The number of aromatic nitrogens is 1. The van der Waals surface area contributed by atoms with Crippen LogP contribution in [0.25, 0.3) is 20.3 Å². The summed E-state index contributed by atoms with van der Waals surface area (Å²) in [4.78, 5) is 17.7. The van der Waals surface area contributed by atoms with Crippen molar-refractivity contribution in [3.63, 3.8) is 0 Å². The Kier molecular flexibility index (Phi) is 4.56. The molecule has 0 aliphatic rings. The molecule has 0 aliphatic carbocycles. The number of hydrogen-bond donors (Lipinski definition) is 1. The Balaban J connectivity index is 1.65. The minimum atomic E-state index is -0.236. The molecule has 0 atom stereocenters. The van der Waals surface area contributed by atoms with E-state index < -0.39 is 0 Å². The minimum Gasteiger partial charge on any atom is -0.497 e. The first-order chi connectivity index (χ1) is 12.6. The number of amides is 1. The average molecular weight is 403 g/mol. The van der Waals surface area contributed by atoms with Gasteiger partial charge in [-0.2, -0.15) is 0 Å². The van der Waals surface area contributed by atoms with Gasteiger partial charge in [0, 0.05) is 10.1 Å². The fraction of sp³-hybridized carbons (Fsp3) is 0.158. The highest BCUT2D eigenvalue weighted by Crippen LogP contribution is 2.37. The molecule has 4 aromatic rings. The van der Waals surface area contributed by atoms with Crippen molar-refractivity contribution in [3.8, 4) is 5.75 Å². The maximum Gasteiger partial charge on any atom is 0.269 e. The van der Waals surface area contributed by atoms with Gasteiger partial charge >= 0.3 is 0 Å². The van der Waals surface area contributed by atoms with Gasteiger partial charge in [-0.1, -0.05) is 42.0 Å². The number of carbonyl (C=O) groups is 1. The summed E-state index contributed by atoms with van der Waals surface area (Å²) >= 11 is 9.26. The van der Waals surface area contributed by atoms with E-state index in [4.69, 9.17) is 16.3 Å². The van der Waals surface area contributed by atoms with Crippen molar-refractivity contribution < 1.29 is 9.53 Å². The second-order valence-electron chi connectivity index (χ2n) is 5.74. The number of anilines is 1. The van der Waals surface area contributed by atoms with Gasteiger partial charge in [-0.05, 0) is 36.2 Å². The summed E-state index contributed by atoms with van der Waals surface area (Å²) in [6, 6.07) is 11.7. The smallest absolute Gasteiger partial charge is 0.269 e. The first-order valence-electron chi connectivity index (χ1n) is 8.06. The summed E-state index contributed by atoms with van der Waals surface area (Å²) < 4.78 is 7.20. The van der Waals surface area contributed by atoms with Crippen molar-refractivity contribution in [3.05, 3.63) is 51.9 Å². The molecule has 26 heavy (non-hydrogen) atoms. The van der Waals surface area contributed by atoms with Gasteiger partial charge in [0.05, 0.1) is 22.3 Å². The van der Waals surface area contributed by atoms with Gasteiger partial charge in [-0.15, -0.1) is 11.3 Å². The molecule has 0 spiro atoms. The quantitative estimate of drug-likeness (QED) is 0.456. The normalized spacial score (nSPS) is 11.2. The third-order valence-electron chi connectivity index (χ3n) is 4.12. The van der Waals surface area contributed by atoms with E-state index in [9.17, 15) is 4.79 Å². The standard InChI is InChI=1S/C19H15ClN2O2S2/c1-3-10-4-6-12-14(8-10)25-17(16(12)20)18(23)22-19-21-13-7-5-11(24-2)9-15(13)26-19/h4-9H,3H2,1-2H3,(H,21,22,23). The van der Waals surface area contributed by atoms with Crippen LogP contribution in [0.3, 0.4) is 0 Å². The zero-order valence-corrected chi connectivity index (χ0v) is 16.5. The molecule has 0 bridgehead atoms. The van der Waals surface area contributed by atoms with E-state index in [0.717, 1.165) is 32.5 Å². The van der Waals surface area contributed by atoms with Gasteiger partial charge in [0.1, 0.15) is 10.6 Å². The van der Waals surface area contributed by atoms with Crippen molar-refractivity contribution in [2.75, 3.05) is 12.4 Å². The third-order valence-corrected chi connectivity index (χ3v) is 6.71. The SMILES string of the molecule is CCc1ccc2c(Cl)c(C(=O)Nc3nc4ccc(OC)cc4s3)sc2c1. The lowest BCUT2D eigenvalue weighted by Crippen LogP contribution is -2.10. The summed E-state index contributed by atoms with van der Waals surface area (Å²) in [6.07, 6.45) is 0.947. The van der Waals surface area contributed by atoms with Crippen LogP contribution >= 0.6 is 34.3 Å². The molecule has 1 amide bonds. The van der Waals surface area contributed by atoms with Gasteiger partial charge in [0.15, 0.2) is 5.13 Å². The number of rotatable bonds is 4. The lowest BCUT2D eigenvalue weighted by Gasteiger charge is -1.98. The summed E-state index contributed by atoms with van der Waals surface area (Å²) in [5, 5.41) is 4.82. The third kappa shape index (κ3) is 3.05. The molecule has 132 valence electrons. The summed E-state index contributed by atoms with van der Waals surface area (Å²) in [7, 11) is 1.62. The molecule has 0 saturated carbocycles. The highest BCUT2D eigenvalue weighted by Gasteiger charge is 2.19. The Bertz CT molecular complexity index is 1130. The number of methoxy groups -OCH3 is 1. The van der Waals surface area contributed by atoms with Gasteiger partial charge in [-0.25, -0.2) is 4.98 Å². The Morgan fingerprint density at radius 1 is 1.19 bits per heavy atom. The summed E-state index contributed by atoms with van der Waals surface area (Å²) in [5.41, 5.74) is 2.05. The molecular formula is C19H15ClN2O2S2. The molecule has 2 aromatic carbocycles. The number of aryl methyl sites for hydroxylation is 1. The maximum atomic E-state index is 12.7. The monoisotopic (exact) mass is 402 g/mol. The van der Waals surface area contributed by atoms with Crippen molar-refractivity contribution in [1.82, 2.24) is 4.98 Å². The van der Waals surface area contributed by atoms with Crippen molar-refractivity contribution >= 4 is 65.6 Å². The highest BCUT2D eigenvalue weighted by atomic mass is 35.5. The van der Waals surface area contributed by atoms with E-state index >= 15 is 0 Å². The highest BCUT2D eigenvalue weighted by molar-refractivity contribution is 7.23. The number of nitrogens with zero attached hydrogens (tertiary/aromatic N) is 1. The number of halogens is 1. The van der Waals surface area contributed by atoms with E-state index in [1.165, 1.54) is 28.2 Å². The van der Waals surface area contributed by atoms with Gasteiger partial charge in [0.2, 0.25) is 0 Å². The first kappa shape index (κ1) is 17.3. The number of hydrogen-bond acceptors (Lipinski definition) is 5. The van der Waals surface area contributed by atoms with Crippen LogP contribution in [-0.2, 0) is 6.42 Å². The number of thiophene rings is 1.